The van der Waals surface area contributed by atoms with Gasteiger partial charge in [-0.25, -0.2) is 0 Å². The second-order valence-electron chi connectivity index (χ2n) is 5.42. The van der Waals surface area contributed by atoms with E-state index >= 15 is 0 Å². The normalized spacial score (nSPS) is 32.8. The molecule has 0 spiro atoms. The molecule has 2 rings (SSSR count). The maximum atomic E-state index is 8.92. The van der Waals surface area contributed by atoms with Crippen LogP contribution in [0.5, 0.6) is 0 Å². The molecule has 2 nitrogen and oxygen atoms in total. The van der Waals surface area contributed by atoms with Crippen LogP contribution >= 0.6 is 0 Å². The molecular formula is C14H24N2. The van der Waals surface area contributed by atoms with Crippen molar-refractivity contribution < 1.29 is 0 Å². The molecule has 0 amide bonds. The Morgan fingerprint density at radius 3 is 2.75 bits per heavy atom. The van der Waals surface area contributed by atoms with Crippen molar-refractivity contribution in [1.82, 2.24) is 4.90 Å². The van der Waals surface area contributed by atoms with Gasteiger partial charge < -0.3 is 0 Å². The molecule has 90 valence electrons. The van der Waals surface area contributed by atoms with Gasteiger partial charge in [0, 0.05) is 12.1 Å². The summed E-state index contributed by atoms with van der Waals surface area (Å²) < 4.78 is 0. The van der Waals surface area contributed by atoms with Crippen molar-refractivity contribution >= 4 is 0 Å². The molecule has 1 heterocycles. The van der Waals surface area contributed by atoms with Crippen molar-refractivity contribution in [3.8, 4) is 6.07 Å². The summed E-state index contributed by atoms with van der Waals surface area (Å²) in [7, 11) is 0. The van der Waals surface area contributed by atoms with Gasteiger partial charge in [0.05, 0.1) is 12.5 Å². The third-order valence-electron chi connectivity index (χ3n) is 4.55. The lowest BCUT2D eigenvalue weighted by molar-refractivity contribution is 0.0257. The van der Waals surface area contributed by atoms with E-state index in [1.165, 1.54) is 45.1 Å². The molecule has 3 unspecified atom stereocenters. The highest BCUT2D eigenvalue weighted by atomic mass is 15.2. The van der Waals surface area contributed by atoms with Gasteiger partial charge >= 0.3 is 0 Å². The fraction of sp³-hybridized carbons (Fsp3) is 0.929. The number of piperidine rings is 1. The summed E-state index contributed by atoms with van der Waals surface area (Å²) in [5.74, 6) is 0.940. The van der Waals surface area contributed by atoms with Crippen molar-refractivity contribution in [3.05, 3.63) is 0 Å². The van der Waals surface area contributed by atoms with Gasteiger partial charge in [-0.05, 0) is 44.6 Å². The monoisotopic (exact) mass is 220 g/mol. The van der Waals surface area contributed by atoms with E-state index in [4.69, 9.17) is 5.26 Å². The topological polar surface area (TPSA) is 27.0 Å². The zero-order valence-corrected chi connectivity index (χ0v) is 10.5. The molecule has 3 atom stereocenters. The maximum absolute atomic E-state index is 8.92. The van der Waals surface area contributed by atoms with Crippen LogP contribution in [0, 0.1) is 17.2 Å². The lowest BCUT2D eigenvalue weighted by Gasteiger charge is -2.47. The van der Waals surface area contributed by atoms with Gasteiger partial charge in [0.25, 0.3) is 0 Å². The van der Waals surface area contributed by atoms with E-state index in [2.05, 4.69) is 17.9 Å². The summed E-state index contributed by atoms with van der Waals surface area (Å²) >= 11 is 0. The zero-order chi connectivity index (χ0) is 11.4. The first-order chi connectivity index (χ1) is 7.86. The minimum atomic E-state index is 0.524. The second kappa shape index (κ2) is 5.68. The van der Waals surface area contributed by atoms with Crippen molar-refractivity contribution in [3.63, 3.8) is 0 Å². The van der Waals surface area contributed by atoms with Crippen LogP contribution in [0.4, 0.5) is 0 Å². The largest absolute Gasteiger partial charge is 0.296 e. The van der Waals surface area contributed by atoms with Crippen LogP contribution in [-0.4, -0.2) is 23.5 Å². The van der Waals surface area contributed by atoms with Crippen LogP contribution in [0.2, 0.25) is 0 Å². The summed E-state index contributed by atoms with van der Waals surface area (Å²) in [5.41, 5.74) is 0. The molecule has 2 aliphatic rings. The average molecular weight is 220 g/mol. The van der Waals surface area contributed by atoms with Gasteiger partial charge in [0.2, 0.25) is 0 Å². The molecule has 1 aliphatic carbocycles. The summed E-state index contributed by atoms with van der Waals surface area (Å²) in [6.07, 6.45) is 10.3. The van der Waals surface area contributed by atoms with Crippen LogP contribution in [0.3, 0.4) is 0 Å². The predicted octanol–water partition coefficient (Wildman–Crippen LogP) is 3.33. The van der Waals surface area contributed by atoms with Crippen molar-refractivity contribution in [2.75, 3.05) is 6.54 Å². The molecular weight excluding hydrogens is 196 g/mol. The SMILES string of the molecule is CCC(CC#N)N1CCCC2CCCCC21. The van der Waals surface area contributed by atoms with Crippen molar-refractivity contribution in [1.29, 1.82) is 5.26 Å². The van der Waals surface area contributed by atoms with E-state index in [0.29, 0.717) is 6.04 Å². The van der Waals surface area contributed by atoms with Gasteiger partial charge in [0.15, 0.2) is 0 Å². The molecule has 1 saturated carbocycles. The summed E-state index contributed by atoms with van der Waals surface area (Å²) in [6, 6.07) is 3.70. The molecule has 1 aliphatic heterocycles. The van der Waals surface area contributed by atoms with E-state index in [1.807, 2.05) is 0 Å². The van der Waals surface area contributed by atoms with Gasteiger partial charge in [-0.3, -0.25) is 4.90 Å². The molecule has 0 aromatic heterocycles. The lowest BCUT2D eigenvalue weighted by Crippen LogP contribution is -2.51. The smallest absolute Gasteiger partial charge is 0.0638 e. The number of nitrogens with zero attached hydrogens (tertiary/aromatic N) is 2. The first kappa shape index (κ1) is 11.9. The summed E-state index contributed by atoms with van der Waals surface area (Å²) in [6.45, 7) is 3.47. The molecule has 2 fully saturated rings. The maximum Gasteiger partial charge on any atom is 0.0638 e. The highest BCUT2D eigenvalue weighted by molar-refractivity contribution is 4.92. The molecule has 0 N–H and O–H groups in total. The van der Waals surface area contributed by atoms with E-state index < -0.39 is 0 Å². The third kappa shape index (κ3) is 2.40. The minimum Gasteiger partial charge on any atom is -0.296 e. The van der Waals surface area contributed by atoms with Crippen LogP contribution < -0.4 is 0 Å². The van der Waals surface area contributed by atoms with Crippen molar-refractivity contribution in [2.45, 2.75) is 70.4 Å². The Morgan fingerprint density at radius 2 is 2.00 bits per heavy atom. The third-order valence-corrected chi connectivity index (χ3v) is 4.55. The van der Waals surface area contributed by atoms with Crippen LogP contribution in [0.15, 0.2) is 0 Å². The number of likely N-dealkylation sites (tertiary alicyclic amines) is 1. The van der Waals surface area contributed by atoms with Gasteiger partial charge in [-0.15, -0.1) is 0 Å². The molecule has 0 aromatic rings. The van der Waals surface area contributed by atoms with Crippen LogP contribution in [0.25, 0.3) is 0 Å². The highest BCUT2D eigenvalue weighted by Gasteiger charge is 2.35. The van der Waals surface area contributed by atoms with E-state index in [1.54, 1.807) is 0 Å². The molecule has 16 heavy (non-hydrogen) atoms. The van der Waals surface area contributed by atoms with Gasteiger partial charge in [0.1, 0.15) is 0 Å². The number of nitriles is 1. The Hall–Kier alpha value is -0.550. The van der Waals surface area contributed by atoms with Crippen LogP contribution in [0.1, 0.15) is 58.3 Å². The Bertz CT molecular complexity index is 254. The Kier molecular flexibility index (Phi) is 4.23. The molecule has 1 saturated heterocycles. The minimum absolute atomic E-state index is 0.524. The zero-order valence-electron chi connectivity index (χ0n) is 10.5. The first-order valence-electron chi connectivity index (χ1n) is 6.99. The molecule has 0 aromatic carbocycles. The summed E-state index contributed by atoms with van der Waals surface area (Å²) in [5, 5.41) is 8.92. The van der Waals surface area contributed by atoms with Crippen LogP contribution in [-0.2, 0) is 0 Å². The average Bonchev–Trinajstić information content (AvgIpc) is 2.35. The number of hydrogen-bond donors (Lipinski definition) is 0. The Labute approximate surface area is 99.6 Å². The number of fused-ring (bicyclic) bond motifs is 1. The second-order valence-corrected chi connectivity index (χ2v) is 5.42. The number of hydrogen-bond acceptors (Lipinski definition) is 2. The van der Waals surface area contributed by atoms with E-state index in [0.717, 1.165) is 24.8 Å². The predicted molar refractivity (Wildman–Crippen MR) is 66.0 cm³/mol. The van der Waals surface area contributed by atoms with Gasteiger partial charge in [-0.1, -0.05) is 19.8 Å². The summed E-state index contributed by atoms with van der Waals surface area (Å²) in [4.78, 5) is 2.68. The first-order valence-corrected chi connectivity index (χ1v) is 6.99. The molecule has 0 radical (unpaired) electrons. The Balaban J connectivity index is 2.03. The molecule has 2 heteroatoms. The van der Waals surface area contributed by atoms with E-state index in [-0.39, 0.29) is 0 Å². The Morgan fingerprint density at radius 1 is 1.25 bits per heavy atom. The van der Waals surface area contributed by atoms with E-state index in [9.17, 15) is 0 Å². The standard InChI is InChI=1S/C14H24N2/c1-2-13(9-10-15)16-11-5-7-12-6-3-4-8-14(12)16/h12-14H,2-9,11H2,1H3. The van der Waals surface area contributed by atoms with Gasteiger partial charge in [-0.2, -0.15) is 5.26 Å². The fourth-order valence-corrected chi connectivity index (χ4v) is 3.72. The fourth-order valence-electron chi connectivity index (χ4n) is 3.72. The lowest BCUT2D eigenvalue weighted by atomic mass is 9.77. The molecule has 0 bridgehead atoms. The number of rotatable bonds is 3. The highest BCUT2D eigenvalue weighted by Crippen LogP contribution is 2.36. The van der Waals surface area contributed by atoms with Crippen molar-refractivity contribution in [2.24, 2.45) is 5.92 Å². The quantitative estimate of drug-likeness (QED) is 0.729.